The number of benzene rings is 3. The molecule has 0 fully saturated rings. The number of hydrogen-bond acceptors (Lipinski definition) is 4. The van der Waals surface area contributed by atoms with Gasteiger partial charge in [0, 0.05) is 0 Å². The van der Waals surface area contributed by atoms with Crippen LogP contribution in [0.1, 0.15) is 36.6 Å². The third-order valence-corrected chi connectivity index (χ3v) is 7.52. The standard InChI is InChI=1S/C26H28N2O4S/c1-3-20-13-15-22(16-14-20)19(2)27-26(29)25-17-28(23-11-7-8-12-24(23)32-25)33(30,31)18-21-9-5-4-6-10-21/h4-16,19,25H,3,17-18H2,1-2H3,(H,27,29)/t19-,25+/m0/s1. The molecule has 172 valence electrons. The highest BCUT2D eigenvalue weighted by molar-refractivity contribution is 7.92. The van der Waals surface area contributed by atoms with E-state index in [0.717, 1.165) is 12.0 Å². The van der Waals surface area contributed by atoms with Crippen LogP contribution in [0.3, 0.4) is 0 Å². The number of aryl methyl sites for hydroxylation is 1. The lowest BCUT2D eigenvalue weighted by Crippen LogP contribution is -2.51. The summed E-state index contributed by atoms with van der Waals surface area (Å²) in [6, 6.07) is 23.8. The van der Waals surface area contributed by atoms with Gasteiger partial charge in [0.25, 0.3) is 5.91 Å². The van der Waals surface area contributed by atoms with Crippen molar-refractivity contribution in [2.75, 3.05) is 10.8 Å². The molecule has 1 heterocycles. The van der Waals surface area contributed by atoms with E-state index >= 15 is 0 Å². The maximum absolute atomic E-state index is 13.3. The van der Waals surface area contributed by atoms with Crippen molar-refractivity contribution in [2.24, 2.45) is 0 Å². The van der Waals surface area contributed by atoms with Gasteiger partial charge in [-0.25, -0.2) is 8.42 Å². The van der Waals surface area contributed by atoms with Crippen LogP contribution in [-0.2, 0) is 27.0 Å². The quantitative estimate of drug-likeness (QED) is 0.568. The highest BCUT2D eigenvalue weighted by Gasteiger charge is 2.37. The normalized spacial score (nSPS) is 16.4. The Balaban J connectivity index is 1.54. The molecule has 0 aliphatic carbocycles. The van der Waals surface area contributed by atoms with Gasteiger partial charge < -0.3 is 10.1 Å². The summed E-state index contributed by atoms with van der Waals surface area (Å²) in [5.74, 6) is -0.131. The van der Waals surface area contributed by atoms with E-state index in [-0.39, 0.29) is 24.2 Å². The van der Waals surface area contributed by atoms with Crippen LogP contribution in [0.25, 0.3) is 0 Å². The molecule has 2 atom stereocenters. The zero-order chi connectivity index (χ0) is 23.4. The number of amides is 1. The maximum atomic E-state index is 13.3. The second-order valence-electron chi connectivity index (χ2n) is 8.17. The fourth-order valence-electron chi connectivity index (χ4n) is 3.90. The Kier molecular flexibility index (Phi) is 6.70. The molecule has 1 aliphatic rings. The number of sulfonamides is 1. The number of fused-ring (bicyclic) bond motifs is 1. The van der Waals surface area contributed by atoms with Crippen LogP contribution < -0.4 is 14.4 Å². The van der Waals surface area contributed by atoms with Gasteiger partial charge in [0.2, 0.25) is 10.0 Å². The summed E-state index contributed by atoms with van der Waals surface area (Å²) in [6.07, 6.45) is -0.00768. The molecule has 1 aliphatic heterocycles. The summed E-state index contributed by atoms with van der Waals surface area (Å²) in [7, 11) is -3.73. The van der Waals surface area contributed by atoms with Crippen molar-refractivity contribution in [3.8, 4) is 5.75 Å². The number of nitrogens with one attached hydrogen (secondary N) is 1. The van der Waals surface area contributed by atoms with Crippen molar-refractivity contribution in [3.05, 3.63) is 95.6 Å². The van der Waals surface area contributed by atoms with Gasteiger partial charge in [-0.05, 0) is 42.2 Å². The highest BCUT2D eigenvalue weighted by Crippen LogP contribution is 2.36. The van der Waals surface area contributed by atoms with Crippen molar-refractivity contribution in [2.45, 2.75) is 38.2 Å². The number of hydrogen-bond donors (Lipinski definition) is 1. The lowest BCUT2D eigenvalue weighted by molar-refractivity contribution is -0.128. The van der Waals surface area contributed by atoms with E-state index in [1.165, 1.54) is 9.87 Å². The van der Waals surface area contributed by atoms with Gasteiger partial charge in [0.05, 0.1) is 24.0 Å². The van der Waals surface area contributed by atoms with Crippen LogP contribution in [0.4, 0.5) is 5.69 Å². The first-order chi connectivity index (χ1) is 15.9. The molecule has 0 aromatic heterocycles. The minimum atomic E-state index is -3.73. The number of rotatable bonds is 7. The van der Waals surface area contributed by atoms with E-state index in [0.29, 0.717) is 17.0 Å². The van der Waals surface area contributed by atoms with Gasteiger partial charge in [0.15, 0.2) is 6.10 Å². The minimum Gasteiger partial charge on any atom is -0.476 e. The Labute approximate surface area is 195 Å². The molecule has 3 aromatic rings. The molecule has 3 aromatic carbocycles. The highest BCUT2D eigenvalue weighted by atomic mass is 32.2. The lowest BCUT2D eigenvalue weighted by Gasteiger charge is -2.35. The Bertz CT molecular complexity index is 1210. The molecule has 0 saturated heterocycles. The third kappa shape index (κ3) is 5.20. The monoisotopic (exact) mass is 464 g/mol. The second kappa shape index (κ2) is 9.67. The first-order valence-electron chi connectivity index (χ1n) is 11.1. The Morgan fingerprint density at radius 2 is 1.67 bits per heavy atom. The zero-order valence-electron chi connectivity index (χ0n) is 18.8. The molecule has 7 heteroatoms. The van der Waals surface area contributed by atoms with Crippen LogP contribution in [0.5, 0.6) is 5.75 Å². The molecule has 0 radical (unpaired) electrons. The summed E-state index contributed by atoms with van der Waals surface area (Å²) in [6.45, 7) is 3.91. The number of anilines is 1. The average Bonchev–Trinajstić information content (AvgIpc) is 2.83. The molecule has 0 unspecified atom stereocenters. The average molecular weight is 465 g/mol. The maximum Gasteiger partial charge on any atom is 0.263 e. The van der Waals surface area contributed by atoms with Gasteiger partial charge in [-0.15, -0.1) is 0 Å². The van der Waals surface area contributed by atoms with Crippen molar-refractivity contribution in [3.63, 3.8) is 0 Å². The van der Waals surface area contributed by atoms with Crippen LogP contribution in [0.2, 0.25) is 0 Å². The molecule has 6 nitrogen and oxygen atoms in total. The molecule has 1 N–H and O–H groups in total. The molecule has 1 amide bonds. The van der Waals surface area contributed by atoms with Gasteiger partial charge >= 0.3 is 0 Å². The van der Waals surface area contributed by atoms with E-state index in [4.69, 9.17) is 4.74 Å². The molecule has 33 heavy (non-hydrogen) atoms. The lowest BCUT2D eigenvalue weighted by atomic mass is 10.0. The summed E-state index contributed by atoms with van der Waals surface area (Å²) in [5.41, 5.74) is 3.33. The smallest absolute Gasteiger partial charge is 0.263 e. The molecule has 0 bridgehead atoms. The summed E-state index contributed by atoms with van der Waals surface area (Å²) in [5, 5.41) is 2.97. The third-order valence-electron chi connectivity index (χ3n) is 5.80. The van der Waals surface area contributed by atoms with E-state index in [2.05, 4.69) is 12.2 Å². The minimum absolute atomic E-state index is 0.0838. The van der Waals surface area contributed by atoms with Crippen molar-refractivity contribution >= 4 is 21.6 Å². The number of carbonyl (C=O) groups is 1. The number of ether oxygens (including phenoxy) is 1. The van der Waals surface area contributed by atoms with Crippen LogP contribution in [0.15, 0.2) is 78.9 Å². The number of carbonyl (C=O) groups excluding carboxylic acids is 1. The van der Waals surface area contributed by atoms with E-state index in [1.807, 2.05) is 49.4 Å². The Morgan fingerprint density at radius 3 is 2.36 bits per heavy atom. The molecular formula is C26H28N2O4S. The summed E-state index contributed by atoms with van der Waals surface area (Å²) < 4.78 is 33.9. The van der Waals surface area contributed by atoms with E-state index in [1.54, 1.807) is 36.4 Å². The Hall–Kier alpha value is -3.32. The predicted molar refractivity (Wildman–Crippen MR) is 130 cm³/mol. The predicted octanol–water partition coefficient (Wildman–Crippen LogP) is 4.22. The molecule has 4 rings (SSSR count). The van der Waals surface area contributed by atoms with E-state index < -0.39 is 16.1 Å². The van der Waals surface area contributed by atoms with E-state index in [9.17, 15) is 13.2 Å². The topological polar surface area (TPSA) is 75.7 Å². The van der Waals surface area contributed by atoms with Crippen LogP contribution in [-0.4, -0.2) is 27.0 Å². The second-order valence-corrected chi connectivity index (χ2v) is 10.1. The van der Waals surface area contributed by atoms with Crippen molar-refractivity contribution in [1.82, 2.24) is 5.32 Å². The zero-order valence-corrected chi connectivity index (χ0v) is 19.6. The van der Waals surface area contributed by atoms with Gasteiger partial charge in [-0.2, -0.15) is 0 Å². The first kappa shape index (κ1) is 22.9. The Morgan fingerprint density at radius 1 is 1.00 bits per heavy atom. The van der Waals surface area contributed by atoms with Gasteiger partial charge in [-0.3, -0.25) is 9.10 Å². The number of para-hydroxylation sites is 2. The fourth-order valence-corrected chi connectivity index (χ4v) is 5.48. The first-order valence-corrected chi connectivity index (χ1v) is 12.7. The SMILES string of the molecule is CCc1ccc([C@H](C)NC(=O)[C@H]2CN(S(=O)(=O)Cc3ccccc3)c3ccccc3O2)cc1. The largest absolute Gasteiger partial charge is 0.476 e. The summed E-state index contributed by atoms with van der Waals surface area (Å²) in [4.78, 5) is 13.1. The molecule has 0 spiro atoms. The molecular weight excluding hydrogens is 436 g/mol. The molecule has 0 saturated carbocycles. The van der Waals surface area contributed by atoms with Crippen LogP contribution >= 0.6 is 0 Å². The van der Waals surface area contributed by atoms with Crippen LogP contribution in [0, 0.1) is 0 Å². The van der Waals surface area contributed by atoms with Gasteiger partial charge in [-0.1, -0.05) is 73.7 Å². The van der Waals surface area contributed by atoms with Crippen molar-refractivity contribution < 1.29 is 17.9 Å². The number of nitrogens with zero attached hydrogens (tertiary/aromatic N) is 1. The van der Waals surface area contributed by atoms with Gasteiger partial charge in [0.1, 0.15) is 5.75 Å². The summed E-state index contributed by atoms with van der Waals surface area (Å²) >= 11 is 0. The van der Waals surface area contributed by atoms with Crippen molar-refractivity contribution in [1.29, 1.82) is 0 Å². The fraction of sp³-hybridized carbons (Fsp3) is 0.269.